The number of aromatic nitrogens is 4. The summed E-state index contributed by atoms with van der Waals surface area (Å²) < 4.78 is 15.7. The van der Waals surface area contributed by atoms with E-state index in [4.69, 9.17) is 0 Å². The number of alkyl halides is 1. The Morgan fingerprint density at radius 3 is 2.83 bits per heavy atom. The Balaban J connectivity index is 1.96. The van der Waals surface area contributed by atoms with Gasteiger partial charge in [0.15, 0.2) is 5.82 Å². The van der Waals surface area contributed by atoms with Crippen LogP contribution in [0.15, 0.2) is 18.5 Å². The van der Waals surface area contributed by atoms with Crippen LogP contribution in [-0.4, -0.2) is 26.2 Å². The van der Waals surface area contributed by atoms with Crippen molar-refractivity contribution in [1.29, 1.82) is 0 Å². The first-order valence-corrected chi connectivity index (χ1v) is 6.09. The molecule has 0 radical (unpaired) electrons. The highest BCUT2D eigenvalue weighted by atomic mass is 19.1. The predicted octanol–water partition coefficient (Wildman–Crippen LogP) is 1.99. The number of hydrogen-bond donors (Lipinski definition) is 1. The van der Waals surface area contributed by atoms with Crippen LogP contribution in [-0.2, 0) is 19.6 Å². The van der Waals surface area contributed by atoms with Crippen LogP contribution in [0.25, 0.3) is 0 Å². The maximum Gasteiger partial charge on any atom is 0.151 e. The molecule has 0 saturated carbocycles. The molecule has 0 aromatic carbocycles. The molecule has 6 heteroatoms. The molecule has 0 amide bonds. The smallest absolute Gasteiger partial charge is 0.151 e. The summed E-state index contributed by atoms with van der Waals surface area (Å²) in [6.45, 7) is 5.39. The van der Waals surface area contributed by atoms with E-state index in [1.165, 1.54) is 0 Å². The van der Waals surface area contributed by atoms with E-state index in [1.54, 1.807) is 4.68 Å². The monoisotopic (exact) mass is 251 g/mol. The lowest BCUT2D eigenvalue weighted by Crippen LogP contribution is -2.05. The topological polar surface area (TPSA) is 47.7 Å². The summed E-state index contributed by atoms with van der Waals surface area (Å²) in [6.07, 6.45) is 3.79. The summed E-state index contributed by atoms with van der Waals surface area (Å²) in [5.74, 6) is 0.787. The van der Waals surface area contributed by atoms with Crippen LogP contribution in [0.4, 0.5) is 10.2 Å². The highest BCUT2D eigenvalue weighted by Gasteiger charge is 2.05. The fourth-order valence-corrected chi connectivity index (χ4v) is 1.75. The number of halogens is 1. The molecular formula is C12H18FN5. The van der Waals surface area contributed by atoms with Gasteiger partial charge in [0.2, 0.25) is 0 Å². The van der Waals surface area contributed by atoms with Crippen LogP contribution >= 0.6 is 0 Å². The number of rotatable bonds is 6. The summed E-state index contributed by atoms with van der Waals surface area (Å²) in [5.41, 5.74) is 1.98. The Bertz CT molecular complexity index is 502. The van der Waals surface area contributed by atoms with E-state index in [9.17, 15) is 4.39 Å². The lowest BCUT2D eigenvalue weighted by molar-refractivity contribution is 0.427. The molecule has 2 rings (SSSR count). The highest BCUT2D eigenvalue weighted by Crippen LogP contribution is 2.12. The van der Waals surface area contributed by atoms with Gasteiger partial charge in [-0.15, -0.1) is 0 Å². The van der Waals surface area contributed by atoms with Gasteiger partial charge in [-0.25, -0.2) is 4.39 Å². The van der Waals surface area contributed by atoms with Gasteiger partial charge in [0, 0.05) is 24.5 Å². The second-order valence-corrected chi connectivity index (χ2v) is 4.13. The molecule has 0 aliphatic rings. The fourth-order valence-electron chi connectivity index (χ4n) is 1.75. The number of hydrogen-bond acceptors (Lipinski definition) is 3. The van der Waals surface area contributed by atoms with Crippen molar-refractivity contribution in [3.8, 4) is 0 Å². The molecule has 0 spiro atoms. The fraction of sp³-hybridized carbons (Fsp3) is 0.500. The average Bonchev–Trinajstić information content (AvgIpc) is 2.94. The average molecular weight is 251 g/mol. The Morgan fingerprint density at radius 2 is 2.17 bits per heavy atom. The van der Waals surface area contributed by atoms with Crippen molar-refractivity contribution in [1.82, 2.24) is 19.6 Å². The van der Waals surface area contributed by atoms with Gasteiger partial charge in [0.05, 0.1) is 18.8 Å². The molecule has 2 aromatic heterocycles. The van der Waals surface area contributed by atoms with E-state index in [0.717, 1.165) is 23.6 Å². The third-order valence-corrected chi connectivity index (χ3v) is 2.72. The van der Waals surface area contributed by atoms with Crippen molar-refractivity contribution in [3.63, 3.8) is 0 Å². The third-order valence-electron chi connectivity index (χ3n) is 2.72. The van der Waals surface area contributed by atoms with Crippen molar-refractivity contribution >= 4 is 5.82 Å². The molecule has 1 N–H and O–H groups in total. The summed E-state index contributed by atoms with van der Waals surface area (Å²) in [5, 5.41) is 11.9. The normalized spacial score (nSPS) is 10.8. The van der Waals surface area contributed by atoms with E-state index >= 15 is 0 Å². The van der Waals surface area contributed by atoms with Gasteiger partial charge in [0.25, 0.3) is 0 Å². The number of nitrogens with one attached hydrogen (secondary N) is 1. The zero-order chi connectivity index (χ0) is 13.0. The first-order valence-electron chi connectivity index (χ1n) is 6.09. The Labute approximate surface area is 106 Å². The molecule has 5 nitrogen and oxygen atoms in total. The van der Waals surface area contributed by atoms with Crippen molar-refractivity contribution < 1.29 is 4.39 Å². The van der Waals surface area contributed by atoms with Gasteiger partial charge in [0.1, 0.15) is 6.67 Å². The zero-order valence-electron chi connectivity index (χ0n) is 10.7. The number of aryl methyl sites for hydroxylation is 3. The molecule has 2 heterocycles. The van der Waals surface area contributed by atoms with Crippen molar-refractivity contribution in [3.05, 3.63) is 29.7 Å². The van der Waals surface area contributed by atoms with Gasteiger partial charge in [-0.3, -0.25) is 9.36 Å². The molecule has 98 valence electrons. The van der Waals surface area contributed by atoms with Gasteiger partial charge >= 0.3 is 0 Å². The van der Waals surface area contributed by atoms with Crippen LogP contribution in [0.5, 0.6) is 0 Å². The first-order chi connectivity index (χ1) is 8.72. The summed E-state index contributed by atoms with van der Waals surface area (Å²) >= 11 is 0. The minimum Gasteiger partial charge on any atom is -0.363 e. The van der Waals surface area contributed by atoms with Crippen molar-refractivity contribution in [2.75, 3.05) is 12.0 Å². The third kappa shape index (κ3) is 2.88. The van der Waals surface area contributed by atoms with E-state index in [-0.39, 0.29) is 0 Å². The zero-order valence-corrected chi connectivity index (χ0v) is 10.7. The highest BCUT2D eigenvalue weighted by molar-refractivity contribution is 5.41. The standard InChI is InChI=1S/C12H18FN5/c1-3-17-6-4-11(15-17)8-14-12-10(2)9-18(16-12)7-5-13/h4,6,9H,3,5,7-8H2,1-2H3,(H,14,16). The van der Waals surface area contributed by atoms with Crippen LogP contribution in [0.2, 0.25) is 0 Å². The summed E-state index contributed by atoms with van der Waals surface area (Å²) in [7, 11) is 0. The second kappa shape index (κ2) is 5.66. The van der Waals surface area contributed by atoms with Crippen molar-refractivity contribution in [2.45, 2.75) is 33.5 Å². The van der Waals surface area contributed by atoms with Crippen LogP contribution in [0, 0.1) is 6.92 Å². The first kappa shape index (κ1) is 12.6. The van der Waals surface area contributed by atoms with E-state index < -0.39 is 6.67 Å². The molecule has 18 heavy (non-hydrogen) atoms. The summed E-state index contributed by atoms with van der Waals surface area (Å²) in [6, 6.07) is 1.98. The van der Waals surface area contributed by atoms with Gasteiger partial charge in [-0.1, -0.05) is 0 Å². The van der Waals surface area contributed by atoms with Crippen LogP contribution < -0.4 is 5.32 Å². The minimum absolute atomic E-state index is 0.299. The molecule has 0 fully saturated rings. The SMILES string of the molecule is CCn1ccc(CNc2nn(CCF)cc2C)n1. The molecule has 0 unspecified atom stereocenters. The van der Waals surface area contributed by atoms with E-state index in [2.05, 4.69) is 15.5 Å². The largest absolute Gasteiger partial charge is 0.363 e. The molecule has 0 saturated heterocycles. The van der Waals surface area contributed by atoms with E-state index in [1.807, 2.05) is 37.0 Å². The Kier molecular flexibility index (Phi) is 3.96. The maximum atomic E-state index is 12.2. The molecule has 0 aliphatic heterocycles. The summed E-state index contributed by atoms with van der Waals surface area (Å²) in [4.78, 5) is 0. The van der Waals surface area contributed by atoms with Crippen LogP contribution in [0.3, 0.4) is 0 Å². The number of anilines is 1. The minimum atomic E-state index is -0.401. The molecule has 0 bridgehead atoms. The molecule has 2 aromatic rings. The quantitative estimate of drug-likeness (QED) is 0.854. The molecule has 0 aliphatic carbocycles. The van der Waals surface area contributed by atoms with Gasteiger partial charge in [-0.05, 0) is 19.9 Å². The van der Waals surface area contributed by atoms with Gasteiger partial charge in [-0.2, -0.15) is 10.2 Å². The maximum absolute atomic E-state index is 12.2. The predicted molar refractivity (Wildman–Crippen MR) is 68.2 cm³/mol. The number of nitrogens with zero attached hydrogens (tertiary/aromatic N) is 4. The van der Waals surface area contributed by atoms with Gasteiger partial charge < -0.3 is 5.32 Å². The van der Waals surface area contributed by atoms with Crippen molar-refractivity contribution in [2.24, 2.45) is 0 Å². The lowest BCUT2D eigenvalue weighted by atomic mass is 10.3. The second-order valence-electron chi connectivity index (χ2n) is 4.13. The van der Waals surface area contributed by atoms with E-state index in [0.29, 0.717) is 13.1 Å². The molecule has 0 atom stereocenters. The molecular weight excluding hydrogens is 233 g/mol. The Morgan fingerprint density at radius 1 is 1.33 bits per heavy atom. The van der Waals surface area contributed by atoms with Crippen LogP contribution in [0.1, 0.15) is 18.2 Å². The Hall–Kier alpha value is -1.85. The lowest BCUT2D eigenvalue weighted by Gasteiger charge is -2.01.